The number of amides is 2. The van der Waals surface area contributed by atoms with Crippen molar-refractivity contribution in [2.45, 2.75) is 45.1 Å². The molecule has 0 bridgehead atoms. The summed E-state index contributed by atoms with van der Waals surface area (Å²) < 4.78 is 0. The average molecular weight is 361 g/mol. The quantitative estimate of drug-likeness (QED) is 0.786. The molecular formula is C19H32N6O. The molecule has 1 atom stereocenters. The van der Waals surface area contributed by atoms with Crippen molar-refractivity contribution < 1.29 is 4.79 Å². The molecule has 0 aliphatic carbocycles. The number of anilines is 1. The van der Waals surface area contributed by atoms with Crippen LogP contribution in [0.15, 0.2) is 18.5 Å². The Morgan fingerprint density at radius 1 is 1.15 bits per heavy atom. The van der Waals surface area contributed by atoms with Gasteiger partial charge in [0.2, 0.25) is 5.95 Å². The highest BCUT2D eigenvalue weighted by Gasteiger charge is 2.25. The molecule has 0 radical (unpaired) electrons. The van der Waals surface area contributed by atoms with Gasteiger partial charge in [-0.25, -0.2) is 14.8 Å². The number of likely N-dealkylation sites (tertiary alicyclic amines) is 1. The normalized spacial score (nSPS) is 21.7. The van der Waals surface area contributed by atoms with Crippen LogP contribution in [0.3, 0.4) is 0 Å². The molecule has 0 saturated carbocycles. The van der Waals surface area contributed by atoms with Crippen molar-refractivity contribution in [3.05, 3.63) is 18.5 Å². The second-order valence-electron chi connectivity index (χ2n) is 7.21. The number of carbonyl (C=O) groups is 1. The van der Waals surface area contributed by atoms with Gasteiger partial charge >= 0.3 is 6.03 Å². The minimum Gasteiger partial charge on any atom is -0.338 e. The zero-order chi connectivity index (χ0) is 18.2. The van der Waals surface area contributed by atoms with E-state index >= 15 is 0 Å². The maximum Gasteiger partial charge on any atom is 0.317 e. The minimum absolute atomic E-state index is 0.127. The van der Waals surface area contributed by atoms with Gasteiger partial charge in [-0.15, -0.1) is 0 Å². The summed E-state index contributed by atoms with van der Waals surface area (Å²) in [5.41, 5.74) is 0. The first kappa shape index (κ1) is 18.9. The molecule has 2 saturated heterocycles. The molecule has 2 aliphatic heterocycles. The van der Waals surface area contributed by atoms with Gasteiger partial charge in [0.1, 0.15) is 0 Å². The lowest BCUT2D eigenvalue weighted by atomic mass is 10.0. The van der Waals surface area contributed by atoms with E-state index in [1.165, 1.54) is 6.42 Å². The number of urea groups is 1. The molecule has 2 aliphatic rings. The van der Waals surface area contributed by atoms with Crippen molar-refractivity contribution in [2.75, 3.05) is 50.7 Å². The first-order valence-electron chi connectivity index (χ1n) is 10.1. The maximum atomic E-state index is 12.4. The zero-order valence-corrected chi connectivity index (χ0v) is 15.9. The highest BCUT2D eigenvalue weighted by Crippen LogP contribution is 2.19. The van der Waals surface area contributed by atoms with E-state index in [0.29, 0.717) is 6.04 Å². The summed E-state index contributed by atoms with van der Waals surface area (Å²) in [7, 11) is 0. The second-order valence-corrected chi connectivity index (χ2v) is 7.21. The molecule has 7 nitrogen and oxygen atoms in total. The lowest BCUT2D eigenvalue weighted by Gasteiger charge is -2.36. The van der Waals surface area contributed by atoms with Crippen molar-refractivity contribution in [3.8, 4) is 0 Å². The van der Waals surface area contributed by atoms with E-state index in [1.807, 2.05) is 11.0 Å². The van der Waals surface area contributed by atoms with E-state index in [0.717, 1.165) is 77.4 Å². The van der Waals surface area contributed by atoms with Crippen LogP contribution in [0.25, 0.3) is 0 Å². The Hall–Kier alpha value is -1.89. The summed E-state index contributed by atoms with van der Waals surface area (Å²) in [6.45, 7) is 8.84. The van der Waals surface area contributed by atoms with Crippen LogP contribution < -0.4 is 10.2 Å². The smallest absolute Gasteiger partial charge is 0.317 e. The number of nitrogens with one attached hydrogen (secondary N) is 1. The molecule has 26 heavy (non-hydrogen) atoms. The molecule has 2 fully saturated rings. The molecule has 1 N–H and O–H groups in total. The number of hydrogen-bond acceptors (Lipinski definition) is 5. The SMILES string of the molecule is CCC1CCCCN1C(=O)NCCCN1CCN(c2ncccn2)CC1. The van der Waals surface area contributed by atoms with Crippen LogP contribution in [0.4, 0.5) is 10.7 Å². The van der Waals surface area contributed by atoms with Gasteiger partial charge in [-0.2, -0.15) is 0 Å². The summed E-state index contributed by atoms with van der Waals surface area (Å²) in [4.78, 5) is 27.8. The fraction of sp³-hybridized carbons (Fsp3) is 0.737. The van der Waals surface area contributed by atoms with Crippen LogP contribution in [0.2, 0.25) is 0 Å². The highest BCUT2D eigenvalue weighted by molar-refractivity contribution is 5.74. The molecule has 1 aromatic heterocycles. The molecule has 0 aromatic carbocycles. The summed E-state index contributed by atoms with van der Waals surface area (Å²) in [6, 6.07) is 2.40. The summed E-state index contributed by atoms with van der Waals surface area (Å²) >= 11 is 0. The van der Waals surface area contributed by atoms with Gasteiger partial charge < -0.3 is 15.1 Å². The predicted molar refractivity (Wildman–Crippen MR) is 103 cm³/mol. The molecule has 144 valence electrons. The Kier molecular flexibility index (Phi) is 7.05. The predicted octanol–water partition coefficient (Wildman–Crippen LogP) is 1.96. The van der Waals surface area contributed by atoms with Crippen LogP contribution in [0, 0.1) is 0 Å². The standard InChI is InChI=1S/C19H32N6O/c1-2-17-7-3-4-12-25(17)19(26)22-10-6-11-23-13-15-24(16-14-23)18-20-8-5-9-21-18/h5,8-9,17H,2-4,6-7,10-16H2,1H3,(H,22,26). The highest BCUT2D eigenvalue weighted by atomic mass is 16.2. The van der Waals surface area contributed by atoms with Crippen molar-refractivity contribution in [1.82, 2.24) is 25.1 Å². The summed E-state index contributed by atoms with van der Waals surface area (Å²) in [6.07, 6.45) is 9.19. The van der Waals surface area contributed by atoms with Crippen LogP contribution in [-0.4, -0.2) is 77.7 Å². The van der Waals surface area contributed by atoms with Gasteiger partial charge in [-0.1, -0.05) is 6.92 Å². The Labute approximate surface area is 156 Å². The molecule has 1 unspecified atom stereocenters. The third-order valence-electron chi connectivity index (χ3n) is 5.49. The van der Waals surface area contributed by atoms with Crippen LogP contribution in [0.1, 0.15) is 39.0 Å². The Bertz CT molecular complexity index is 546. The molecule has 7 heteroatoms. The Morgan fingerprint density at radius 3 is 2.65 bits per heavy atom. The van der Waals surface area contributed by atoms with Crippen molar-refractivity contribution in [1.29, 1.82) is 0 Å². The van der Waals surface area contributed by atoms with E-state index in [2.05, 4.69) is 32.0 Å². The molecule has 3 heterocycles. The lowest BCUT2D eigenvalue weighted by molar-refractivity contribution is 0.148. The lowest BCUT2D eigenvalue weighted by Crippen LogP contribution is -2.49. The van der Waals surface area contributed by atoms with E-state index < -0.39 is 0 Å². The van der Waals surface area contributed by atoms with E-state index in [1.54, 1.807) is 12.4 Å². The second kappa shape index (κ2) is 9.71. The number of carbonyl (C=O) groups excluding carboxylic acids is 1. The van der Waals surface area contributed by atoms with Crippen molar-refractivity contribution >= 4 is 12.0 Å². The van der Waals surface area contributed by atoms with Gasteiger partial charge in [0.25, 0.3) is 0 Å². The van der Waals surface area contributed by atoms with Gasteiger partial charge in [0, 0.05) is 57.7 Å². The van der Waals surface area contributed by atoms with E-state index in [9.17, 15) is 4.79 Å². The third-order valence-corrected chi connectivity index (χ3v) is 5.49. The monoisotopic (exact) mass is 360 g/mol. The van der Waals surface area contributed by atoms with E-state index in [4.69, 9.17) is 0 Å². The Morgan fingerprint density at radius 2 is 1.92 bits per heavy atom. The first-order chi connectivity index (χ1) is 12.8. The van der Waals surface area contributed by atoms with Crippen molar-refractivity contribution in [3.63, 3.8) is 0 Å². The fourth-order valence-corrected chi connectivity index (χ4v) is 3.92. The number of aromatic nitrogens is 2. The summed E-state index contributed by atoms with van der Waals surface area (Å²) in [5, 5.41) is 3.12. The topological polar surface area (TPSA) is 64.6 Å². The fourth-order valence-electron chi connectivity index (χ4n) is 3.92. The number of nitrogens with zero attached hydrogens (tertiary/aromatic N) is 5. The Balaban J connectivity index is 1.31. The first-order valence-corrected chi connectivity index (χ1v) is 10.1. The molecular weight excluding hydrogens is 328 g/mol. The average Bonchev–Trinajstić information content (AvgIpc) is 2.72. The third kappa shape index (κ3) is 5.06. The number of piperazine rings is 1. The number of hydrogen-bond donors (Lipinski definition) is 1. The molecule has 1 aromatic rings. The van der Waals surface area contributed by atoms with Crippen LogP contribution in [-0.2, 0) is 0 Å². The molecule has 0 spiro atoms. The van der Waals surface area contributed by atoms with Crippen LogP contribution in [0.5, 0.6) is 0 Å². The number of rotatable bonds is 6. The van der Waals surface area contributed by atoms with Gasteiger partial charge in [-0.05, 0) is 44.7 Å². The van der Waals surface area contributed by atoms with Gasteiger partial charge in [-0.3, -0.25) is 4.90 Å². The molecule has 3 rings (SSSR count). The largest absolute Gasteiger partial charge is 0.338 e. The molecule has 2 amide bonds. The summed E-state index contributed by atoms with van der Waals surface area (Å²) in [5.74, 6) is 0.825. The van der Waals surface area contributed by atoms with Gasteiger partial charge in [0.15, 0.2) is 0 Å². The van der Waals surface area contributed by atoms with Crippen LogP contribution >= 0.6 is 0 Å². The van der Waals surface area contributed by atoms with Crippen molar-refractivity contribution in [2.24, 2.45) is 0 Å². The number of piperidine rings is 1. The van der Waals surface area contributed by atoms with E-state index in [-0.39, 0.29) is 6.03 Å². The van der Waals surface area contributed by atoms with Gasteiger partial charge in [0.05, 0.1) is 0 Å². The zero-order valence-electron chi connectivity index (χ0n) is 15.9. The minimum atomic E-state index is 0.127. The maximum absolute atomic E-state index is 12.4.